The molecule has 0 spiro atoms. The number of phenols is 1. The Kier molecular flexibility index (Phi) is 10.2. The van der Waals surface area contributed by atoms with Crippen LogP contribution < -0.4 is 21.7 Å². The lowest BCUT2D eigenvalue weighted by atomic mass is 10.1. The van der Waals surface area contributed by atoms with Gasteiger partial charge in [0.2, 0.25) is 0 Å². The maximum atomic E-state index is 12.6. The highest BCUT2D eigenvalue weighted by molar-refractivity contribution is 5.97. The molecule has 0 saturated carbocycles. The molecule has 0 aliphatic heterocycles. The van der Waals surface area contributed by atoms with E-state index in [2.05, 4.69) is 16.0 Å². The number of amides is 2. The first-order valence-electron chi connectivity index (χ1n) is 10.6. The Labute approximate surface area is 196 Å². The minimum Gasteiger partial charge on any atom is -0.507 e. The lowest BCUT2D eigenvalue weighted by Crippen LogP contribution is -2.45. The largest absolute Gasteiger partial charge is 0.507 e. The van der Waals surface area contributed by atoms with Gasteiger partial charge in [0.05, 0.1) is 11.6 Å². The number of phenolic OH excluding ortho intramolecular Hbond substituents is 1. The number of nitrogens with two attached hydrogens (primary N) is 1. The first-order valence-corrected chi connectivity index (χ1v) is 10.6. The van der Waals surface area contributed by atoms with E-state index in [4.69, 9.17) is 15.9 Å². The topological polar surface area (TPSA) is 187 Å². The maximum absolute atomic E-state index is 12.6. The third kappa shape index (κ3) is 9.07. The van der Waals surface area contributed by atoms with Gasteiger partial charge in [0.25, 0.3) is 5.91 Å². The van der Waals surface area contributed by atoms with Crippen LogP contribution in [0, 0.1) is 5.41 Å². The number of carbonyl (C=O) groups is 3. The molecule has 0 aromatic heterocycles. The lowest BCUT2D eigenvalue weighted by Gasteiger charge is -2.20. The van der Waals surface area contributed by atoms with Crippen LogP contribution in [-0.2, 0) is 16.0 Å². The molecular weight excluding hydrogens is 442 g/mol. The summed E-state index contributed by atoms with van der Waals surface area (Å²) in [5.41, 5.74) is 6.14. The van der Waals surface area contributed by atoms with Crippen molar-refractivity contribution in [2.24, 2.45) is 5.73 Å². The van der Waals surface area contributed by atoms with E-state index < -0.39 is 30.1 Å². The number of rotatable bonds is 12. The zero-order chi connectivity index (χ0) is 24.9. The molecule has 0 aliphatic rings. The van der Waals surface area contributed by atoms with Crippen LogP contribution in [0.15, 0.2) is 54.6 Å². The van der Waals surface area contributed by atoms with Gasteiger partial charge in [-0.15, -0.1) is 0 Å². The zero-order valence-electron chi connectivity index (χ0n) is 18.5. The van der Waals surface area contributed by atoms with Gasteiger partial charge in [-0.25, -0.2) is 9.59 Å². The van der Waals surface area contributed by atoms with Crippen LogP contribution in [0.1, 0.15) is 28.8 Å². The Morgan fingerprint density at radius 2 is 1.71 bits per heavy atom. The molecule has 2 aromatic carbocycles. The second-order valence-corrected chi connectivity index (χ2v) is 7.49. The van der Waals surface area contributed by atoms with Crippen LogP contribution in [0.2, 0.25) is 0 Å². The molecule has 0 saturated heterocycles. The Morgan fingerprint density at radius 3 is 2.35 bits per heavy atom. The molecule has 2 aromatic rings. The smallest absolute Gasteiger partial charge is 0.407 e. The van der Waals surface area contributed by atoms with Gasteiger partial charge in [0, 0.05) is 6.54 Å². The average molecular weight is 472 g/mol. The van der Waals surface area contributed by atoms with Crippen LogP contribution >= 0.6 is 0 Å². The quantitative estimate of drug-likeness (QED) is 0.136. The number of carboxylic acid groups (broad SMARTS) is 1. The number of hydrogen-bond acceptors (Lipinski definition) is 6. The Balaban J connectivity index is 1.97. The van der Waals surface area contributed by atoms with Gasteiger partial charge < -0.3 is 36.6 Å². The molecule has 0 radical (unpaired) electrons. The summed E-state index contributed by atoms with van der Waals surface area (Å²) in [5, 5.41) is 34.0. The normalized spacial score (nSPS) is 12.1. The van der Waals surface area contributed by atoms with Gasteiger partial charge in [-0.05, 0) is 37.0 Å². The number of carbonyl (C=O) groups excluding carboxylic acids is 2. The third-order valence-corrected chi connectivity index (χ3v) is 4.80. The van der Waals surface area contributed by atoms with Gasteiger partial charge in [-0.1, -0.05) is 42.5 Å². The first kappa shape index (κ1) is 26.0. The Hall–Kier alpha value is -4.28. The molecule has 0 fully saturated rings. The SMILES string of the molecule is N=C(N)NCCC[C@@H](NC(=O)OC[C@H](Cc1ccccc1)NC(=O)c1ccccc1O)C(=O)O. The van der Waals surface area contributed by atoms with Crippen molar-refractivity contribution in [3.63, 3.8) is 0 Å². The number of hydrogen-bond donors (Lipinski definition) is 7. The summed E-state index contributed by atoms with van der Waals surface area (Å²) < 4.78 is 5.21. The fourth-order valence-corrected chi connectivity index (χ4v) is 3.13. The fraction of sp³-hybridized carbons (Fsp3) is 0.304. The van der Waals surface area contributed by atoms with Crippen LogP contribution in [0.5, 0.6) is 5.75 Å². The summed E-state index contributed by atoms with van der Waals surface area (Å²) in [6, 6.07) is 13.5. The molecule has 11 heteroatoms. The van der Waals surface area contributed by atoms with Crippen LogP contribution in [-0.4, -0.2) is 59.4 Å². The average Bonchev–Trinajstić information content (AvgIpc) is 2.80. The van der Waals surface area contributed by atoms with Crippen molar-refractivity contribution >= 4 is 23.9 Å². The van der Waals surface area contributed by atoms with Gasteiger partial charge in [-0.3, -0.25) is 10.2 Å². The molecule has 182 valence electrons. The highest BCUT2D eigenvalue weighted by Gasteiger charge is 2.22. The molecule has 2 rings (SSSR count). The van der Waals surface area contributed by atoms with E-state index in [1.807, 2.05) is 30.3 Å². The fourth-order valence-electron chi connectivity index (χ4n) is 3.13. The van der Waals surface area contributed by atoms with E-state index in [1.165, 1.54) is 12.1 Å². The van der Waals surface area contributed by atoms with E-state index in [-0.39, 0.29) is 36.8 Å². The number of nitrogens with one attached hydrogen (secondary N) is 4. The minimum absolute atomic E-state index is 0.0788. The van der Waals surface area contributed by atoms with Crippen molar-refractivity contribution in [1.82, 2.24) is 16.0 Å². The monoisotopic (exact) mass is 471 g/mol. The van der Waals surface area contributed by atoms with Gasteiger partial charge in [0.1, 0.15) is 18.4 Å². The standard InChI is InChI=1S/C23H29N5O6/c24-22(25)26-12-6-10-18(21(31)32)28-23(33)34-14-16(13-15-7-2-1-3-8-15)27-20(30)17-9-4-5-11-19(17)29/h1-5,7-9,11,16,18,29H,6,10,12-14H2,(H,27,30)(H,28,33)(H,31,32)(H4,24,25,26)/t16-,18+/m0/s1. The summed E-state index contributed by atoms with van der Waals surface area (Å²) in [5.74, 6) is -2.17. The van der Waals surface area contributed by atoms with Gasteiger partial charge in [-0.2, -0.15) is 0 Å². The summed E-state index contributed by atoms with van der Waals surface area (Å²) in [4.78, 5) is 36.3. The predicted molar refractivity (Wildman–Crippen MR) is 125 cm³/mol. The van der Waals surface area contributed by atoms with Crippen molar-refractivity contribution in [2.45, 2.75) is 31.3 Å². The highest BCUT2D eigenvalue weighted by Crippen LogP contribution is 2.16. The van der Waals surface area contributed by atoms with Crippen molar-refractivity contribution in [3.8, 4) is 5.75 Å². The van der Waals surface area contributed by atoms with Crippen molar-refractivity contribution < 1.29 is 29.3 Å². The van der Waals surface area contributed by atoms with E-state index in [9.17, 15) is 24.6 Å². The zero-order valence-corrected chi connectivity index (χ0v) is 18.5. The summed E-state index contributed by atoms with van der Waals surface area (Å²) in [6.07, 6.45) is -0.152. The molecule has 0 aliphatic carbocycles. The number of benzene rings is 2. The molecule has 8 N–H and O–H groups in total. The van der Waals surface area contributed by atoms with Gasteiger partial charge >= 0.3 is 12.1 Å². The second-order valence-electron chi connectivity index (χ2n) is 7.49. The summed E-state index contributed by atoms with van der Waals surface area (Å²) >= 11 is 0. The first-order chi connectivity index (χ1) is 16.3. The molecule has 2 atom stereocenters. The second kappa shape index (κ2) is 13.3. The van der Waals surface area contributed by atoms with E-state index in [0.29, 0.717) is 12.8 Å². The number of para-hydroxylation sites is 1. The molecule has 0 heterocycles. The van der Waals surface area contributed by atoms with Crippen LogP contribution in [0.3, 0.4) is 0 Å². The number of aromatic hydroxyl groups is 1. The maximum Gasteiger partial charge on any atom is 0.407 e. The molecule has 34 heavy (non-hydrogen) atoms. The highest BCUT2D eigenvalue weighted by atomic mass is 16.5. The molecule has 0 bridgehead atoms. The predicted octanol–water partition coefficient (Wildman–Crippen LogP) is 1.18. The number of ether oxygens (including phenoxy) is 1. The Bertz CT molecular complexity index is 985. The third-order valence-electron chi connectivity index (χ3n) is 4.80. The molecule has 0 unspecified atom stereocenters. The number of guanidine groups is 1. The van der Waals surface area contributed by atoms with Gasteiger partial charge in [0.15, 0.2) is 5.96 Å². The number of aliphatic carboxylic acids is 1. The number of alkyl carbamates (subject to hydrolysis) is 1. The van der Waals surface area contributed by atoms with E-state index in [0.717, 1.165) is 5.56 Å². The van der Waals surface area contributed by atoms with Crippen LogP contribution in [0.25, 0.3) is 0 Å². The van der Waals surface area contributed by atoms with Crippen molar-refractivity contribution in [1.29, 1.82) is 5.41 Å². The lowest BCUT2D eigenvalue weighted by molar-refractivity contribution is -0.139. The van der Waals surface area contributed by atoms with E-state index >= 15 is 0 Å². The Morgan fingerprint density at radius 1 is 1.03 bits per heavy atom. The molecule has 2 amide bonds. The molecule has 11 nitrogen and oxygen atoms in total. The van der Waals surface area contributed by atoms with Crippen molar-refractivity contribution in [2.75, 3.05) is 13.2 Å². The van der Waals surface area contributed by atoms with Crippen molar-refractivity contribution in [3.05, 3.63) is 65.7 Å². The summed E-state index contributed by atoms with van der Waals surface area (Å²) in [7, 11) is 0. The van der Waals surface area contributed by atoms with Crippen LogP contribution in [0.4, 0.5) is 4.79 Å². The van der Waals surface area contributed by atoms with E-state index in [1.54, 1.807) is 12.1 Å². The minimum atomic E-state index is -1.23. The number of carboxylic acids is 1. The summed E-state index contributed by atoms with van der Waals surface area (Å²) in [6.45, 7) is 0.0612. The molecular formula is C23H29N5O6.